The normalized spacial score (nSPS) is 12.1. The molecule has 0 aliphatic heterocycles. The molecule has 0 aliphatic rings. The van der Waals surface area contributed by atoms with Crippen molar-refractivity contribution in [1.82, 2.24) is 0 Å². The van der Waals surface area contributed by atoms with Crippen LogP contribution in [0.3, 0.4) is 0 Å². The zero-order valence-corrected chi connectivity index (χ0v) is 20.2. The molecule has 0 aliphatic carbocycles. The highest BCUT2D eigenvalue weighted by Gasteiger charge is 2.16. The zero-order valence-electron chi connectivity index (χ0n) is 20.2. The standard InChI is InChI=1S/C28H48O3/c1-2-3-4-5-6-7-8-9-10-11-12-13-14-15-16-20-25-31-28(30)27(29)24-23-26-21-18-17-19-22-26/h17-19,21-22,27,29H,2-16,20,23-25H2,1H3/t27-/m1/s1. The van der Waals surface area contributed by atoms with E-state index in [2.05, 4.69) is 6.92 Å². The Hall–Kier alpha value is -1.35. The lowest BCUT2D eigenvalue weighted by Crippen LogP contribution is -2.24. The summed E-state index contributed by atoms with van der Waals surface area (Å²) >= 11 is 0. The number of carbonyl (C=O) groups is 1. The van der Waals surface area contributed by atoms with Crippen LogP contribution in [0.15, 0.2) is 30.3 Å². The third kappa shape index (κ3) is 16.9. The first kappa shape index (κ1) is 27.7. The minimum Gasteiger partial charge on any atom is -0.464 e. The van der Waals surface area contributed by atoms with Crippen LogP contribution in [0.5, 0.6) is 0 Å². The molecule has 31 heavy (non-hydrogen) atoms. The second-order valence-electron chi connectivity index (χ2n) is 9.01. The highest BCUT2D eigenvalue weighted by Crippen LogP contribution is 2.14. The molecule has 1 N–H and O–H groups in total. The first-order valence-corrected chi connectivity index (χ1v) is 13.1. The van der Waals surface area contributed by atoms with E-state index in [0.29, 0.717) is 19.4 Å². The smallest absolute Gasteiger partial charge is 0.334 e. The molecule has 178 valence electrons. The molecule has 0 heterocycles. The maximum Gasteiger partial charge on any atom is 0.334 e. The number of hydrogen-bond acceptors (Lipinski definition) is 3. The number of carbonyl (C=O) groups excluding carboxylic acids is 1. The lowest BCUT2D eigenvalue weighted by atomic mass is 10.0. The lowest BCUT2D eigenvalue weighted by Gasteiger charge is -2.10. The van der Waals surface area contributed by atoms with Crippen molar-refractivity contribution in [3.8, 4) is 0 Å². The molecule has 0 fully saturated rings. The molecule has 3 nitrogen and oxygen atoms in total. The largest absolute Gasteiger partial charge is 0.464 e. The Bertz CT molecular complexity index is 514. The van der Waals surface area contributed by atoms with Crippen LogP contribution in [0.1, 0.15) is 122 Å². The summed E-state index contributed by atoms with van der Waals surface area (Å²) in [6.07, 6.45) is 21.4. The fourth-order valence-electron chi connectivity index (χ4n) is 3.99. The van der Waals surface area contributed by atoms with Gasteiger partial charge in [-0.25, -0.2) is 4.79 Å². The van der Waals surface area contributed by atoms with Crippen molar-refractivity contribution in [1.29, 1.82) is 0 Å². The predicted molar refractivity (Wildman–Crippen MR) is 131 cm³/mol. The second-order valence-corrected chi connectivity index (χ2v) is 9.01. The molecule has 1 aromatic rings. The van der Waals surface area contributed by atoms with Crippen molar-refractivity contribution < 1.29 is 14.6 Å². The number of aliphatic hydroxyl groups is 1. The molecule has 1 aromatic carbocycles. The maximum absolute atomic E-state index is 11.9. The highest BCUT2D eigenvalue weighted by atomic mass is 16.5. The third-order valence-corrected chi connectivity index (χ3v) is 6.06. The van der Waals surface area contributed by atoms with Crippen LogP contribution in [0, 0.1) is 0 Å². The second kappa shape index (κ2) is 20.5. The summed E-state index contributed by atoms with van der Waals surface area (Å²) in [5, 5.41) is 9.94. The van der Waals surface area contributed by atoms with Crippen molar-refractivity contribution in [3.05, 3.63) is 35.9 Å². The van der Waals surface area contributed by atoms with Crippen molar-refractivity contribution in [2.24, 2.45) is 0 Å². The molecular formula is C28H48O3. The van der Waals surface area contributed by atoms with Crippen molar-refractivity contribution in [3.63, 3.8) is 0 Å². The van der Waals surface area contributed by atoms with Gasteiger partial charge in [0.05, 0.1) is 6.61 Å². The number of aryl methyl sites for hydroxylation is 1. The molecule has 0 saturated heterocycles. The van der Waals surface area contributed by atoms with Crippen LogP contribution in [0.25, 0.3) is 0 Å². The highest BCUT2D eigenvalue weighted by molar-refractivity contribution is 5.74. The first-order valence-electron chi connectivity index (χ1n) is 13.1. The Labute approximate surface area is 192 Å². The van der Waals surface area contributed by atoms with Gasteiger partial charge in [0.2, 0.25) is 0 Å². The van der Waals surface area contributed by atoms with E-state index < -0.39 is 12.1 Å². The van der Waals surface area contributed by atoms with E-state index in [4.69, 9.17) is 4.74 Å². The van der Waals surface area contributed by atoms with Gasteiger partial charge in [0.25, 0.3) is 0 Å². The van der Waals surface area contributed by atoms with Gasteiger partial charge in [-0.15, -0.1) is 0 Å². The zero-order chi connectivity index (χ0) is 22.4. The summed E-state index contributed by atoms with van der Waals surface area (Å²) in [6, 6.07) is 9.92. The number of rotatable bonds is 21. The van der Waals surface area contributed by atoms with Gasteiger partial charge >= 0.3 is 5.97 Å². The van der Waals surface area contributed by atoms with Crippen LogP contribution < -0.4 is 0 Å². The Morgan fingerprint density at radius 2 is 1.19 bits per heavy atom. The summed E-state index contributed by atoms with van der Waals surface area (Å²) in [4.78, 5) is 11.9. The van der Waals surface area contributed by atoms with Gasteiger partial charge < -0.3 is 9.84 Å². The van der Waals surface area contributed by atoms with Gasteiger partial charge in [-0.2, -0.15) is 0 Å². The summed E-state index contributed by atoms with van der Waals surface area (Å²) in [6.45, 7) is 2.71. The Morgan fingerprint density at radius 1 is 0.742 bits per heavy atom. The number of hydrogen-bond donors (Lipinski definition) is 1. The minimum atomic E-state index is -1.01. The monoisotopic (exact) mass is 432 g/mol. The predicted octanol–water partition coefficient (Wildman–Crippen LogP) is 7.78. The van der Waals surface area contributed by atoms with Crippen LogP contribution in [-0.2, 0) is 16.0 Å². The summed E-state index contributed by atoms with van der Waals surface area (Å²) in [5.41, 5.74) is 1.13. The van der Waals surface area contributed by atoms with E-state index >= 15 is 0 Å². The van der Waals surface area contributed by atoms with Gasteiger partial charge in [0.1, 0.15) is 0 Å². The van der Waals surface area contributed by atoms with E-state index in [1.165, 1.54) is 89.9 Å². The topological polar surface area (TPSA) is 46.5 Å². The van der Waals surface area contributed by atoms with E-state index in [-0.39, 0.29) is 0 Å². The Kier molecular flexibility index (Phi) is 18.3. The molecule has 3 heteroatoms. The molecule has 0 amide bonds. The van der Waals surface area contributed by atoms with E-state index in [1.807, 2.05) is 30.3 Å². The molecule has 0 spiro atoms. The fraction of sp³-hybridized carbons (Fsp3) is 0.750. The number of unbranched alkanes of at least 4 members (excludes halogenated alkanes) is 15. The quantitative estimate of drug-likeness (QED) is 0.159. The number of benzene rings is 1. The molecule has 0 aromatic heterocycles. The minimum absolute atomic E-state index is 0.418. The van der Waals surface area contributed by atoms with E-state index in [1.54, 1.807) is 0 Å². The van der Waals surface area contributed by atoms with Crippen molar-refractivity contribution >= 4 is 5.97 Å². The van der Waals surface area contributed by atoms with E-state index in [9.17, 15) is 9.90 Å². The summed E-state index contributed by atoms with van der Waals surface area (Å²) < 4.78 is 5.22. The van der Waals surface area contributed by atoms with Gasteiger partial charge in [-0.1, -0.05) is 134 Å². The molecule has 0 radical (unpaired) electrons. The number of ether oxygens (including phenoxy) is 1. The van der Waals surface area contributed by atoms with Crippen LogP contribution >= 0.6 is 0 Å². The molecule has 1 atom stereocenters. The molecule has 1 rings (SSSR count). The van der Waals surface area contributed by atoms with Crippen molar-refractivity contribution in [2.75, 3.05) is 6.61 Å². The molecular weight excluding hydrogens is 384 g/mol. The lowest BCUT2D eigenvalue weighted by molar-refractivity contribution is -0.153. The van der Waals surface area contributed by atoms with Crippen LogP contribution in [0.2, 0.25) is 0 Å². The molecule has 0 unspecified atom stereocenters. The summed E-state index contributed by atoms with van der Waals surface area (Å²) in [7, 11) is 0. The van der Waals surface area contributed by atoms with Gasteiger partial charge in [-0.3, -0.25) is 0 Å². The van der Waals surface area contributed by atoms with Crippen LogP contribution in [0.4, 0.5) is 0 Å². The number of aliphatic hydroxyl groups excluding tert-OH is 1. The maximum atomic E-state index is 11.9. The van der Waals surface area contributed by atoms with Gasteiger partial charge in [0, 0.05) is 0 Å². The molecule has 0 saturated carbocycles. The molecule has 0 bridgehead atoms. The first-order chi connectivity index (χ1) is 15.2. The third-order valence-electron chi connectivity index (χ3n) is 6.06. The Morgan fingerprint density at radius 3 is 1.68 bits per heavy atom. The van der Waals surface area contributed by atoms with Crippen molar-refractivity contribution in [2.45, 2.75) is 129 Å². The van der Waals surface area contributed by atoms with Gasteiger partial charge in [-0.05, 0) is 24.8 Å². The van der Waals surface area contributed by atoms with E-state index in [0.717, 1.165) is 18.4 Å². The summed E-state index contributed by atoms with van der Waals surface area (Å²) in [5.74, 6) is -0.475. The SMILES string of the molecule is CCCCCCCCCCCCCCCCCCOC(=O)[C@H](O)CCc1ccccc1. The fourth-order valence-corrected chi connectivity index (χ4v) is 3.99. The average Bonchev–Trinajstić information content (AvgIpc) is 2.80. The Balaban J connectivity index is 1.80. The van der Waals surface area contributed by atoms with Gasteiger partial charge in [0.15, 0.2) is 6.10 Å². The number of esters is 1. The van der Waals surface area contributed by atoms with Crippen LogP contribution in [-0.4, -0.2) is 23.8 Å². The average molecular weight is 433 g/mol.